The van der Waals surface area contributed by atoms with Gasteiger partial charge in [-0.2, -0.15) is 0 Å². The van der Waals surface area contributed by atoms with Gasteiger partial charge in [0.2, 0.25) is 0 Å². The predicted octanol–water partition coefficient (Wildman–Crippen LogP) is 3.22. The topological polar surface area (TPSA) is 52.9 Å². The maximum Gasteiger partial charge on any atom is 0.258 e. The van der Waals surface area contributed by atoms with Crippen molar-refractivity contribution >= 4 is 17.3 Å². The molecule has 0 aliphatic carbocycles. The van der Waals surface area contributed by atoms with Crippen molar-refractivity contribution in [3.63, 3.8) is 0 Å². The van der Waals surface area contributed by atoms with Crippen molar-refractivity contribution in [2.45, 2.75) is 13.3 Å². The molecule has 2 aromatic rings. The molecule has 0 atom stereocenters. The molecule has 0 saturated heterocycles. The van der Waals surface area contributed by atoms with Crippen molar-refractivity contribution in [1.29, 1.82) is 0 Å². The van der Waals surface area contributed by atoms with E-state index in [1.807, 2.05) is 55.5 Å². The van der Waals surface area contributed by atoms with Gasteiger partial charge in [0.05, 0.1) is 11.4 Å². The third-order valence-electron chi connectivity index (χ3n) is 3.71. The van der Waals surface area contributed by atoms with Gasteiger partial charge in [-0.1, -0.05) is 41.1 Å². The molecule has 1 aliphatic rings. The molecule has 4 heteroatoms. The number of fused-ring (bicyclic) bond motifs is 1. The standard InChI is InChI=1S/C17H16N2O2/c1-12-5-4-6-13(11-12)17(20)19-10-9-15(18-21)14-7-2-3-8-16(14)19/h2-8,11,21H,9-10H2,1H3. The molecular weight excluding hydrogens is 264 g/mol. The molecule has 0 aromatic heterocycles. The van der Waals surface area contributed by atoms with Crippen molar-refractivity contribution in [2.75, 3.05) is 11.4 Å². The first-order chi connectivity index (χ1) is 10.2. The lowest BCUT2D eigenvalue weighted by Crippen LogP contribution is -2.37. The van der Waals surface area contributed by atoms with E-state index in [0.717, 1.165) is 16.8 Å². The number of benzene rings is 2. The second kappa shape index (κ2) is 5.40. The fourth-order valence-electron chi connectivity index (χ4n) is 2.67. The Morgan fingerprint density at radius 2 is 2.00 bits per heavy atom. The number of oxime groups is 1. The van der Waals surface area contributed by atoms with Crippen LogP contribution in [-0.4, -0.2) is 23.4 Å². The summed E-state index contributed by atoms with van der Waals surface area (Å²) in [6.45, 7) is 2.49. The van der Waals surface area contributed by atoms with E-state index in [4.69, 9.17) is 5.21 Å². The summed E-state index contributed by atoms with van der Waals surface area (Å²) in [7, 11) is 0. The first kappa shape index (κ1) is 13.4. The van der Waals surface area contributed by atoms with E-state index in [-0.39, 0.29) is 5.91 Å². The highest BCUT2D eigenvalue weighted by Gasteiger charge is 2.26. The van der Waals surface area contributed by atoms with E-state index in [9.17, 15) is 4.79 Å². The Morgan fingerprint density at radius 1 is 1.19 bits per heavy atom. The van der Waals surface area contributed by atoms with Crippen LogP contribution in [0.1, 0.15) is 27.9 Å². The van der Waals surface area contributed by atoms with Gasteiger partial charge < -0.3 is 10.1 Å². The first-order valence-electron chi connectivity index (χ1n) is 6.89. The van der Waals surface area contributed by atoms with Gasteiger partial charge in [-0.05, 0) is 25.1 Å². The van der Waals surface area contributed by atoms with Crippen molar-refractivity contribution < 1.29 is 10.0 Å². The highest BCUT2D eigenvalue weighted by molar-refractivity contribution is 6.14. The van der Waals surface area contributed by atoms with E-state index >= 15 is 0 Å². The molecule has 0 fully saturated rings. The number of hydrogen-bond donors (Lipinski definition) is 1. The number of carbonyl (C=O) groups excluding carboxylic acids is 1. The van der Waals surface area contributed by atoms with Gasteiger partial charge >= 0.3 is 0 Å². The van der Waals surface area contributed by atoms with Crippen molar-refractivity contribution in [1.82, 2.24) is 0 Å². The minimum atomic E-state index is -0.0249. The summed E-state index contributed by atoms with van der Waals surface area (Å²) in [5.74, 6) is -0.0249. The molecular formula is C17H16N2O2. The summed E-state index contributed by atoms with van der Waals surface area (Å²) < 4.78 is 0. The minimum Gasteiger partial charge on any atom is -0.411 e. The number of amides is 1. The number of carbonyl (C=O) groups is 1. The third-order valence-corrected chi connectivity index (χ3v) is 3.71. The SMILES string of the molecule is Cc1cccc(C(=O)N2CCC(=NO)c3ccccc32)c1. The molecule has 1 heterocycles. The Morgan fingerprint density at radius 3 is 2.76 bits per heavy atom. The zero-order valence-corrected chi connectivity index (χ0v) is 11.8. The van der Waals surface area contributed by atoms with E-state index in [2.05, 4.69) is 5.16 Å². The second-order valence-corrected chi connectivity index (χ2v) is 5.14. The molecule has 106 valence electrons. The van der Waals surface area contributed by atoms with Crippen molar-refractivity contribution in [2.24, 2.45) is 5.16 Å². The smallest absolute Gasteiger partial charge is 0.258 e. The van der Waals surface area contributed by atoms with Crippen LogP contribution in [0.15, 0.2) is 53.7 Å². The third kappa shape index (κ3) is 2.40. The van der Waals surface area contributed by atoms with Crippen LogP contribution in [0.25, 0.3) is 0 Å². The van der Waals surface area contributed by atoms with Crippen LogP contribution in [0.2, 0.25) is 0 Å². The molecule has 2 aromatic carbocycles. The Bertz CT molecular complexity index is 722. The largest absolute Gasteiger partial charge is 0.411 e. The van der Waals surface area contributed by atoms with E-state index in [0.29, 0.717) is 24.2 Å². The molecule has 1 aliphatic heterocycles. The molecule has 0 unspecified atom stereocenters. The van der Waals surface area contributed by atoms with Crippen LogP contribution in [0.3, 0.4) is 0 Å². The van der Waals surface area contributed by atoms with E-state index in [1.165, 1.54) is 0 Å². The van der Waals surface area contributed by atoms with Gasteiger partial charge in [0, 0.05) is 24.1 Å². The monoisotopic (exact) mass is 280 g/mol. The normalized spacial score (nSPS) is 15.9. The lowest BCUT2D eigenvalue weighted by Gasteiger charge is -2.29. The molecule has 1 N–H and O–H groups in total. The summed E-state index contributed by atoms with van der Waals surface area (Å²) in [6, 6.07) is 15.1. The Labute approximate surface area is 123 Å². The van der Waals surface area contributed by atoms with Gasteiger partial charge in [-0.25, -0.2) is 0 Å². The fourth-order valence-corrected chi connectivity index (χ4v) is 2.67. The molecule has 0 spiro atoms. The lowest BCUT2D eigenvalue weighted by molar-refractivity contribution is 0.0987. The molecule has 0 radical (unpaired) electrons. The summed E-state index contributed by atoms with van der Waals surface area (Å²) in [5, 5.41) is 12.4. The average Bonchev–Trinajstić information content (AvgIpc) is 2.53. The summed E-state index contributed by atoms with van der Waals surface area (Å²) >= 11 is 0. The van der Waals surface area contributed by atoms with Gasteiger partial charge in [0.25, 0.3) is 5.91 Å². The number of nitrogens with zero attached hydrogens (tertiary/aromatic N) is 2. The maximum atomic E-state index is 12.7. The predicted molar refractivity (Wildman–Crippen MR) is 82.2 cm³/mol. The average molecular weight is 280 g/mol. The molecule has 1 amide bonds. The van der Waals surface area contributed by atoms with Gasteiger partial charge in [-0.15, -0.1) is 0 Å². The lowest BCUT2D eigenvalue weighted by atomic mass is 9.98. The van der Waals surface area contributed by atoms with Crippen molar-refractivity contribution in [3.8, 4) is 0 Å². The molecule has 0 bridgehead atoms. The molecule has 3 rings (SSSR count). The van der Waals surface area contributed by atoms with E-state index in [1.54, 1.807) is 4.90 Å². The summed E-state index contributed by atoms with van der Waals surface area (Å²) in [4.78, 5) is 14.5. The molecule has 0 saturated carbocycles. The number of rotatable bonds is 1. The molecule has 4 nitrogen and oxygen atoms in total. The van der Waals surface area contributed by atoms with Gasteiger partial charge in [0.15, 0.2) is 0 Å². The zero-order chi connectivity index (χ0) is 14.8. The Kier molecular flexibility index (Phi) is 3.44. The van der Waals surface area contributed by atoms with Crippen LogP contribution < -0.4 is 4.90 Å². The summed E-state index contributed by atoms with van der Waals surface area (Å²) in [6.07, 6.45) is 0.547. The zero-order valence-electron chi connectivity index (χ0n) is 11.8. The Balaban J connectivity index is 2.02. The number of para-hydroxylation sites is 1. The quantitative estimate of drug-likeness (QED) is 0.644. The highest BCUT2D eigenvalue weighted by atomic mass is 16.4. The van der Waals surface area contributed by atoms with Crippen LogP contribution in [0, 0.1) is 6.92 Å². The first-order valence-corrected chi connectivity index (χ1v) is 6.89. The van der Waals surface area contributed by atoms with Crippen molar-refractivity contribution in [3.05, 3.63) is 65.2 Å². The fraction of sp³-hybridized carbons (Fsp3) is 0.176. The van der Waals surface area contributed by atoms with Gasteiger partial charge in [-0.3, -0.25) is 4.79 Å². The van der Waals surface area contributed by atoms with Crippen LogP contribution in [-0.2, 0) is 0 Å². The maximum absolute atomic E-state index is 12.7. The summed E-state index contributed by atoms with van der Waals surface area (Å²) in [5.41, 5.74) is 3.96. The number of anilines is 1. The van der Waals surface area contributed by atoms with Crippen LogP contribution in [0.4, 0.5) is 5.69 Å². The number of hydrogen-bond acceptors (Lipinski definition) is 3. The molecule has 21 heavy (non-hydrogen) atoms. The van der Waals surface area contributed by atoms with Crippen LogP contribution in [0.5, 0.6) is 0 Å². The number of aryl methyl sites for hydroxylation is 1. The van der Waals surface area contributed by atoms with E-state index < -0.39 is 0 Å². The van der Waals surface area contributed by atoms with Crippen LogP contribution >= 0.6 is 0 Å². The van der Waals surface area contributed by atoms with Gasteiger partial charge in [0.1, 0.15) is 0 Å². The Hall–Kier alpha value is -2.62. The minimum absolute atomic E-state index is 0.0249. The highest BCUT2D eigenvalue weighted by Crippen LogP contribution is 2.28. The second-order valence-electron chi connectivity index (χ2n) is 5.14.